The first-order valence-corrected chi connectivity index (χ1v) is 10.5. The average molecular weight is 412 g/mol. The molecular formula is C22H28N4O4. The highest BCUT2D eigenvalue weighted by molar-refractivity contribution is 5.79. The van der Waals surface area contributed by atoms with Crippen molar-refractivity contribution in [3.8, 4) is 11.4 Å². The second kappa shape index (κ2) is 9.30. The summed E-state index contributed by atoms with van der Waals surface area (Å²) >= 11 is 0. The van der Waals surface area contributed by atoms with Crippen LogP contribution >= 0.6 is 0 Å². The highest BCUT2D eigenvalue weighted by atomic mass is 16.5. The number of ether oxygens (including phenoxy) is 2. The van der Waals surface area contributed by atoms with E-state index in [4.69, 9.17) is 9.47 Å². The summed E-state index contributed by atoms with van der Waals surface area (Å²) in [5, 5.41) is 7.61. The van der Waals surface area contributed by atoms with Gasteiger partial charge in [-0.1, -0.05) is 0 Å². The van der Waals surface area contributed by atoms with Gasteiger partial charge in [-0.05, 0) is 56.0 Å². The van der Waals surface area contributed by atoms with Gasteiger partial charge in [0.05, 0.1) is 24.8 Å². The van der Waals surface area contributed by atoms with Gasteiger partial charge < -0.3 is 19.7 Å². The van der Waals surface area contributed by atoms with Crippen LogP contribution in [0.5, 0.6) is 5.75 Å². The number of anilines is 1. The van der Waals surface area contributed by atoms with Crippen LogP contribution in [0.15, 0.2) is 41.2 Å². The van der Waals surface area contributed by atoms with Crippen molar-refractivity contribution in [3.63, 3.8) is 0 Å². The fourth-order valence-electron chi connectivity index (χ4n) is 4.04. The van der Waals surface area contributed by atoms with Crippen LogP contribution in [0.3, 0.4) is 0 Å². The van der Waals surface area contributed by atoms with Crippen molar-refractivity contribution in [1.29, 1.82) is 0 Å². The third-order valence-corrected chi connectivity index (χ3v) is 5.75. The molecule has 2 aliphatic heterocycles. The van der Waals surface area contributed by atoms with E-state index in [-0.39, 0.29) is 23.5 Å². The number of piperidine rings is 1. The fraction of sp³-hybridized carbons (Fsp3) is 0.500. The van der Waals surface area contributed by atoms with E-state index < -0.39 is 0 Å². The van der Waals surface area contributed by atoms with Crippen LogP contribution in [0.25, 0.3) is 5.69 Å². The van der Waals surface area contributed by atoms with E-state index in [2.05, 4.69) is 15.3 Å². The molecule has 0 saturated carbocycles. The minimum atomic E-state index is -0.202. The lowest BCUT2D eigenvalue weighted by Gasteiger charge is -2.33. The summed E-state index contributed by atoms with van der Waals surface area (Å²) in [7, 11) is 1.60. The zero-order valence-electron chi connectivity index (χ0n) is 17.3. The quantitative estimate of drug-likeness (QED) is 0.778. The van der Waals surface area contributed by atoms with Gasteiger partial charge in [0.1, 0.15) is 11.6 Å². The first-order chi connectivity index (χ1) is 14.6. The summed E-state index contributed by atoms with van der Waals surface area (Å²) in [5.74, 6) is 1.39. The summed E-state index contributed by atoms with van der Waals surface area (Å²) < 4.78 is 12.2. The third-order valence-electron chi connectivity index (χ3n) is 5.75. The number of hydrogen-bond donors (Lipinski definition) is 1. The monoisotopic (exact) mass is 412 g/mol. The van der Waals surface area contributed by atoms with Crippen molar-refractivity contribution in [3.05, 3.63) is 46.8 Å². The van der Waals surface area contributed by atoms with Gasteiger partial charge in [-0.15, -0.1) is 5.10 Å². The van der Waals surface area contributed by atoms with Crippen molar-refractivity contribution >= 4 is 11.7 Å². The summed E-state index contributed by atoms with van der Waals surface area (Å²) in [6.45, 7) is 2.76. The number of amides is 1. The van der Waals surface area contributed by atoms with E-state index in [1.54, 1.807) is 37.4 Å². The molecule has 0 unspecified atom stereocenters. The predicted molar refractivity (Wildman–Crippen MR) is 113 cm³/mol. The van der Waals surface area contributed by atoms with Crippen LogP contribution < -0.4 is 20.5 Å². The lowest BCUT2D eigenvalue weighted by molar-refractivity contribution is -0.125. The van der Waals surface area contributed by atoms with Crippen LogP contribution in [-0.2, 0) is 9.53 Å². The maximum absolute atomic E-state index is 12.7. The molecule has 0 aliphatic carbocycles. The van der Waals surface area contributed by atoms with E-state index in [0.717, 1.165) is 44.6 Å². The number of rotatable bonds is 6. The van der Waals surface area contributed by atoms with Crippen LogP contribution in [-0.4, -0.2) is 55.1 Å². The number of hydrogen-bond acceptors (Lipinski definition) is 6. The molecule has 1 amide bonds. The number of aromatic nitrogens is 2. The van der Waals surface area contributed by atoms with E-state index >= 15 is 0 Å². The minimum Gasteiger partial charge on any atom is -0.497 e. The Kier molecular flexibility index (Phi) is 6.32. The molecule has 2 aromatic rings. The molecule has 2 atom stereocenters. The number of carbonyl (C=O) groups is 1. The van der Waals surface area contributed by atoms with E-state index in [1.807, 2.05) is 0 Å². The number of nitrogens with zero attached hydrogens (tertiary/aromatic N) is 3. The van der Waals surface area contributed by atoms with Gasteiger partial charge in [-0.2, -0.15) is 4.68 Å². The normalized spacial score (nSPS) is 21.4. The zero-order chi connectivity index (χ0) is 20.9. The Morgan fingerprint density at radius 1 is 1.20 bits per heavy atom. The highest BCUT2D eigenvalue weighted by Gasteiger charge is 2.27. The molecule has 0 radical (unpaired) electrons. The summed E-state index contributed by atoms with van der Waals surface area (Å²) in [5.41, 5.74) is 0.470. The maximum atomic E-state index is 12.7. The molecule has 8 heteroatoms. The molecule has 2 saturated heterocycles. The predicted octanol–water partition coefficient (Wildman–Crippen LogP) is 1.75. The molecule has 160 valence electrons. The molecule has 2 aliphatic rings. The SMILES string of the molecule is COc1ccc(-n2nc(N3CCC[C@H](C(=O)NC[C@@H]4CCCO4)C3)ccc2=O)cc1. The number of carbonyl (C=O) groups excluding carboxylic acids is 1. The Bertz CT molecular complexity index is 921. The van der Waals surface area contributed by atoms with Crippen LogP contribution in [0, 0.1) is 5.92 Å². The molecule has 8 nitrogen and oxygen atoms in total. The molecule has 1 aromatic carbocycles. The fourth-order valence-corrected chi connectivity index (χ4v) is 4.04. The molecule has 4 rings (SSSR count). The van der Waals surface area contributed by atoms with Crippen molar-refractivity contribution in [2.45, 2.75) is 31.8 Å². The van der Waals surface area contributed by atoms with Crippen molar-refractivity contribution in [2.24, 2.45) is 5.92 Å². The Morgan fingerprint density at radius 2 is 2.03 bits per heavy atom. The summed E-state index contributed by atoms with van der Waals surface area (Å²) in [6.07, 6.45) is 3.97. The maximum Gasteiger partial charge on any atom is 0.271 e. The van der Waals surface area contributed by atoms with Crippen LogP contribution in [0.4, 0.5) is 5.82 Å². The molecule has 1 N–H and O–H groups in total. The topological polar surface area (TPSA) is 85.7 Å². The van der Waals surface area contributed by atoms with Gasteiger partial charge in [-0.3, -0.25) is 9.59 Å². The largest absolute Gasteiger partial charge is 0.497 e. The van der Waals surface area contributed by atoms with Crippen molar-refractivity contribution in [1.82, 2.24) is 15.1 Å². The van der Waals surface area contributed by atoms with Crippen LogP contribution in [0.2, 0.25) is 0 Å². The Labute approximate surface area is 175 Å². The van der Waals surface area contributed by atoms with Gasteiger partial charge in [0.15, 0.2) is 0 Å². The van der Waals surface area contributed by atoms with Gasteiger partial charge in [0, 0.05) is 32.3 Å². The standard InChI is InChI=1S/C22H28N4O4/c1-29-18-8-6-17(7-9-18)26-21(27)11-10-20(24-26)25-12-2-4-16(15-25)22(28)23-14-19-5-3-13-30-19/h6-11,16,19H,2-5,12-15H2,1H3,(H,23,28)/t16-,19-/m0/s1. The average Bonchev–Trinajstić information content (AvgIpc) is 3.32. The third kappa shape index (κ3) is 4.64. The second-order valence-electron chi connectivity index (χ2n) is 7.80. The van der Waals surface area contributed by atoms with Gasteiger partial charge in [0.2, 0.25) is 5.91 Å². The first-order valence-electron chi connectivity index (χ1n) is 10.5. The first kappa shape index (κ1) is 20.4. The van der Waals surface area contributed by atoms with Crippen LogP contribution in [0.1, 0.15) is 25.7 Å². The lowest BCUT2D eigenvalue weighted by Crippen LogP contribution is -2.45. The second-order valence-corrected chi connectivity index (χ2v) is 7.80. The molecule has 1 aromatic heterocycles. The Hall–Kier alpha value is -2.87. The van der Waals surface area contributed by atoms with E-state index in [9.17, 15) is 9.59 Å². The Balaban J connectivity index is 1.45. The van der Waals surface area contributed by atoms with Gasteiger partial charge in [0.25, 0.3) is 5.56 Å². The molecule has 0 spiro atoms. The molecule has 2 fully saturated rings. The highest BCUT2D eigenvalue weighted by Crippen LogP contribution is 2.22. The summed E-state index contributed by atoms with van der Waals surface area (Å²) in [6, 6.07) is 10.4. The molecular weight excluding hydrogens is 384 g/mol. The Morgan fingerprint density at radius 3 is 2.77 bits per heavy atom. The number of methoxy groups -OCH3 is 1. The smallest absolute Gasteiger partial charge is 0.271 e. The zero-order valence-corrected chi connectivity index (χ0v) is 17.3. The van der Waals surface area contributed by atoms with E-state index in [1.165, 1.54) is 10.7 Å². The summed E-state index contributed by atoms with van der Waals surface area (Å²) in [4.78, 5) is 27.1. The number of benzene rings is 1. The lowest BCUT2D eigenvalue weighted by atomic mass is 9.97. The molecule has 3 heterocycles. The van der Waals surface area contributed by atoms with Gasteiger partial charge in [-0.25, -0.2) is 0 Å². The molecule has 0 bridgehead atoms. The minimum absolute atomic E-state index is 0.0682. The molecule has 30 heavy (non-hydrogen) atoms. The van der Waals surface area contributed by atoms with Gasteiger partial charge >= 0.3 is 0 Å². The van der Waals surface area contributed by atoms with Crippen molar-refractivity contribution < 1.29 is 14.3 Å². The van der Waals surface area contributed by atoms with E-state index in [0.29, 0.717) is 24.6 Å². The van der Waals surface area contributed by atoms with Crippen molar-refractivity contribution in [2.75, 3.05) is 38.3 Å². The number of nitrogens with one attached hydrogen (secondary N) is 1.